The Morgan fingerprint density at radius 2 is 2.08 bits per heavy atom. The highest BCUT2D eigenvalue weighted by Gasteiger charge is 2.31. The molecule has 4 nitrogen and oxygen atoms in total. The molecule has 3 rings (SSSR count). The van der Waals surface area contributed by atoms with Crippen molar-refractivity contribution in [1.82, 2.24) is 9.88 Å². The summed E-state index contributed by atoms with van der Waals surface area (Å²) in [4.78, 5) is 19.4. The highest BCUT2D eigenvalue weighted by Crippen LogP contribution is 2.32. The van der Waals surface area contributed by atoms with Crippen molar-refractivity contribution in [3.8, 4) is 0 Å². The van der Waals surface area contributed by atoms with Crippen LogP contribution in [0.5, 0.6) is 0 Å². The van der Waals surface area contributed by atoms with Crippen molar-refractivity contribution < 1.29 is 4.79 Å². The van der Waals surface area contributed by atoms with Crippen LogP contribution in [0.3, 0.4) is 0 Å². The van der Waals surface area contributed by atoms with Gasteiger partial charge in [0.2, 0.25) is 0 Å². The van der Waals surface area contributed by atoms with Gasteiger partial charge in [-0.1, -0.05) is 35.8 Å². The van der Waals surface area contributed by atoms with Crippen molar-refractivity contribution in [3.05, 3.63) is 57.3 Å². The van der Waals surface area contributed by atoms with E-state index in [1.54, 1.807) is 6.20 Å². The van der Waals surface area contributed by atoms with Crippen LogP contribution in [-0.4, -0.2) is 29.4 Å². The molecule has 1 amide bonds. The van der Waals surface area contributed by atoms with Gasteiger partial charge in [-0.25, -0.2) is 0 Å². The van der Waals surface area contributed by atoms with Crippen molar-refractivity contribution >= 4 is 27.5 Å². The van der Waals surface area contributed by atoms with Crippen LogP contribution in [0.1, 0.15) is 41.0 Å². The van der Waals surface area contributed by atoms with Gasteiger partial charge >= 0.3 is 0 Å². The number of halogens is 1. The second-order valence-electron chi connectivity index (χ2n) is 7.21. The lowest BCUT2D eigenvalue weighted by molar-refractivity contribution is 0.102. The molecule has 24 heavy (non-hydrogen) atoms. The Kier molecular flexibility index (Phi) is 4.49. The fourth-order valence-electron chi connectivity index (χ4n) is 3.34. The summed E-state index contributed by atoms with van der Waals surface area (Å²) in [6.45, 7) is 8.24. The number of rotatable bonds is 2. The number of nitrogens with one attached hydrogen (secondary N) is 1. The Morgan fingerprint density at radius 1 is 1.33 bits per heavy atom. The molecule has 1 aromatic carbocycles. The van der Waals surface area contributed by atoms with Crippen LogP contribution in [-0.2, 0) is 12.0 Å². The van der Waals surface area contributed by atoms with Gasteiger partial charge < -0.3 is 10.2 Å². The molecule has 0 radical (unpaired) electrons. The van der Waals surface area contributed by atoms with Gasteiger partial charge in [0.15, 0.2) is 0 Å². The SMILES string of the molecule is Cc1ccc(C(=O)Nc2cnc3c(c2)CN(C)CC3(C)C)cc1Br. The fourth-order valence-corrected chi connectivity index (χ4v) is 3.72. The lowest BCUT2D eigenvalue weighted by atomic mass is 9.82. The molecular formula is C19H22BrN3O. The molecule has 1 N–H and O–H groups in total. The van der Waals surface area contributed by atoms with Crippen LogP contribution in [0, 0.1) is 6.92 Å². The van der Waals surface area contributed by atoms with E-state index in [2.05, 4.69) is 52.0 Å². The normalized spacial score (nSPS) is 16.5. The van der Waals surface area contributed by atoms with Gasteiger partial charge in [0.1, 0.15) is 0 Å². The van der Waals surface area contributed by atoms with E-state index in [4.69, 9.17) is 0 Å². The topological polar surface area (TPSA) is 45.2 Å². The third-order valence-electron chi connectivity index (χ3n) is 4.41. The van der Waals surface area contributed by atoms with Crippen LogP contribution < -0.4 is 5.32 Å². The van der Waals surface area contributed by atoms with Gasteiger partial charge in [-0.05, 0) is 43.3 Å². The quantitative estimate of drug-likeness (QED) is 0.842. The predicted molar refractivity (Wildman–Crippen MR) is 100 cm³/mol. The first-order valence-corrected chi connectivity index (χ1v) is 8.81. The molecule has 0 saturated heterocycles. The van der Waals surface area contributed by atoms with Crippen LogP contribution in [0.2, 0.25) is 0 Å². The number of nitrogens with zero attached hydrogens (tertiary/aromatic N) is 2. The van der Waals surface area contributed by atoms with Crippen LogP contribution in [0.25, 0.3) is 0 Å². The Morgan fingerprint density at radius 3 is 2.79 bits per heavy atom. The Balaban J connectivity index is 1.85. The second-order valence-corrected chi connectivity index (χ2v) is 8.06. The summed E-state index contributed by atoms with van der Waals surface area (Å²) in [5, 5.41) is 2.96. The number of fused-ring (bicyclic) bond motifs is 1. The number of aryl methyl sites for hydroxylation is 1. The maximum absolute atomic E-state index is 12.5. The Bertz CT molecular complexity index is 801. The molecular weight excluding hydrogens is 366 g/mol. The average Bonchev–Trinajstić information content (AvgIpc) is 2.48. The van der Waals surface area contributed by atoms with E-state index in [9.17, 15) is 4.79 Å². The first kappa shape index (κ1) is 17.1. The number of hydrogen-bond donors (Lipinski definition) is 1. The zero-order valence-electron chi connectivity index (χ0n) is 14.5. The minimum atomic E-state index is -0.124. The van der Waals surface area contributed by atoms with Crippen molar-refractivity contribution in [3.63, 3.8) is 0 Å². The highest BCUT2D eigenvalue weighted by atomic mass is 79.9. The maximum atomic E-state index is 12.5. The smallest absolute Gasteiger partial charge is 0.255 e. The maximum Gasteiger partial charge on any atom is 0.255 e. The summed E-state index contributed by atoms with van der Waals surface area (Å²) >= 11 is 3.47. The summed E-state index contributed by atoms with van der Waals surface area (Å²) in [6.07, 6.45) is 1.76. The third kappa shape index (κ3) is 3.37. The first-order chi connectivity index (χ1) is 11.3. The highest BCUT2D eigenvalue weighted by molar-refractivity contribution is 9.10. The number of pyridine rings is 1. The third-order valence-corrected chi connectivity index (χ3v) is 5.26. The molecule has 1 aromatic heterocycles. The van der Waals surface area contributed by atoms with Gasteiger partial charge in [0.05, 0.1) is 17.6 Å². The molecule has 0 unspecified atom stereocenters. The monoisotopic (exact) mass is 387 g/mol. The number of hydrogen-bond acceptors (Lipinski definition) is 3. The van der Waals surface area contributed by atoms with Gasteiger partial charge in [-0.3, -0.25) is 9.78 Å². The van der Waals surface area contributed by atoms with Gasteiger partial charge in [-0.2, -0.15) is 0 Å². The molecule has 0 spiro atoms. The number of carbonyl (C=O) groups excluding carboxylic acids is 1. The molecule has 1 aliphatic rings. The van der Waals surface area contributed by atoms with Crippen molar-refractivity contribution in [1.29, 1.82) is 0 Å². The molecule has 2 aromatic rings. The van der Waals surface area contributed by atoms with E-state index in [1.165, 1.54) is 5.56 Å². The summed E-state index contributed by atoms with van der Waals surface area (Å²) < 4.78 is 0.932. The molecule has 0 atom stereocenters. The number of carbonyl (C=O) groups is 1. The number of aromatic nitrogens is 1. The molecule has 0 fully saturated rings. The lowest BCUT2D eigenvalue weighted by Gasteiger charge is -2.37. The largest absolute Gasteiger partial charge is 0.321 e. The molecule has 0 saturated carbocycles. The van der Waals surface area contributed by atoms with Crippen molar-refractivity contribution in [2.45, 2.75) is 32.7 Å². The Labute approximate surface area is 151 Å². The fraction of sp³-hybridized carbons (Fsp3) is 0.368. The van der Waals surface area contributed by atoms with E-state index in [1.807, 2.05) is 31.2 Å². The summed E-state index contributed by atoms with van der Waals surface area (Å²) in [7, 11) is 2.11. The molecule has 5 heteroatoms. The van der Waals surface area contributed by atoms with Gasteiger partial charge in [0, 0.05) is 28.5 Å². The minimum Gasteiger partial charge on any atom is -0.321 e. The molecule has 0 aliphatic carbocycles. The van der Waals surface area contributed by atoms with E-state index >= 15 is 0 Å². The minimum absolute atomic E-state index is 0.0205. The zero-order valence-corrected chi connectivity index (χ0v) is 16.1. The number of benzene rings is 1. The Hall–Kier alpha value is -1.72. The summed E-state index contributed by atoms with van der Waals surface area (Å²) in [6, 6.07) is 7.65. The van der Waals surface area contributed by atoms with Crippen LogP contribution in [0.15, 0.2) is 34.9 Å². The van der Waals surface area contributed by atoms with Crippen LogP contribution in [0.4, 0.5) is 5.69 Å². The second kappa shape index (κ2) is 6.30. The number of likely N-dealkylation sites (N-methyl/N-ethyl adjacent to an activating group) is 1. The van der Waals surface area contributed by atoms with Crippen molar-refractivity contribution in [2.75, 3.05) is 18.9 Å². The van der Waals surface area contributed by atoms with Gasteiger partial charge in [-0.15, -0.1) is 0 Å². The predicted octanol–water partition coefficient (Wildman–Crippen LogP) is 4.13. The van der Waals surface area contributed by atoms with Gasteiger partial charge in [0.25, 0.3) is 5.91 Å². The number of amides is 1. The summed E-state index contributed by atoms with van der Waals surface area (Å²) in [5.74, 6) is -0.124. The molecule has 0 bridgehead atoms. The molecule has 126 valence electrons. The lowest BCUT2D eigenvalue weighted by Crippen LogP contribution is -2.40. The average molecular weight is 388 g/mol. The van der Waals surface area contributed by atoms with E-state index < -0.39 is 0 Å². The summed E-state index contributed by atoms with van der Waals surface area (Å²) in [5.41, 5.74) is 4.79. The number of anilines is 1. The van der Waals surface area contributed by atoms with Crippen molar-refractivity contribution in [2.24, 2.45) is 0 Å². The van der Waals surface area contributed by atoms with Crippen LogP contribution >= 0.6 is 15.9 Å². The first-order valence-electron chi connectivity index (χ1n) is 8.02. The van der Waals surface area contributed by atoms with E-state index in [0.717, 1.165) is 34.5 Å². The van der Waals surface area contributed by atoms with E-state index in [-0.39, 0.29) is 11.3 Å². The standard InChI is InChI=1S/C19H22BrN3O/c1-12-5-6-13(8-16(12)20)18(24)22-15-7-14-10-23(4)11-19(2,3)17(14)21-9-15/h5-9H,10-11H2,1-4H3,(H,22,24). The van der Waals surface area contributed by atoms with E-state index in [0.29, 0.717) is 5.56 Å². The zero-order chi connectivity index (χ0) is 17.5. The molecule has 1 aliphatic heterocycles. The molecule has 2 heterocycles.